The van der Waals surface area contributed by atoms with E-state index >= 15 is 0 Å². The molecule has 0 spiro atoms. The molecule has 0 atom stereocenters. The zero-order valence-electron chi connectivity index (χ0n) is 19.9. The Balaban J connectivity index is 1.36. The van der Waals surface area contributed by atoms with Crippen molar-refractivity contribution in [3.63, 3.8) is 0 Å². The summed E-state index contributed by atoms with van der Waals surface area (Å²) in [5.41, 5.74) is 3.04. The van der Waals surface area contributed by atoms with Crippen LogP contribution in [0.4, 0.5) is 0 Å². The molecule has 4 heterocycles. The van der Waals surface area contributed by atoms with Crippen LogP contribution in [0.1, 0.15) is 34.5 Å². The minimum Gasteiger partial charge on any atom is -0.491 e. The highest BCUT2D eigenvalue weighted by Gasteiger charge is 2.27. The molecule has 0 aliphatic carbocycles. The number of amides is 1. The average Bonchev–Trinajstić information content (AvgIpc) is 3.39. The van der Waals surface area contributed by atoms with E-state index < -0.39 is 5.97 Å². The van der Waals surface area contributed by atoms with E-state index in [9.17, 15) is 14.4 Å². The number of carbonyl (C=O) groups is 2. The molecule has 0 unspecified atom stereocenters. The van der Waals surface area contributed by atoms with E-state index in [-0.39, 0.29) is 23.8 Å². The summed E-state index contributed by atoms with van der Waals surface area (Å²) in [5.74, 6) is -0.185. The van der Waals surface area contributed by atoms with Crippen molar-refractivity contribution in [1.29, 1.82) is 0 Å². The number of ether oxygens (including phenoxy) is 2. The fraction of sp³-hybridized carbons (Fsp3) is 0.423. The summed E-state index contributed by atoms with van der Waals surface area (Å²) >= 11 is 0. The quantitative estimate of drug-likeness (QED) is 0.523. The number of hydrogen-bond acceptors (Lipinski definition) is 6. The molecule has 1 saturated heterocycles. The van der Waals surface area contributed by atoms with Crippen LogP contribution in [0.15, 0.2) is 41.3 Å². The van der Waals surface area contributed by atoms with Gasteiger partial charge in [0.05, 0.1) is 13.7 Å². The van der Waals surface area contributed by atoms with Gasteiger partial charge in [0.25, 0.3) is 5.56 Å². The second kappa shape index (κ2) is 9.95. The monoisotopic (exact) mass is 478 g/mol. The highest BCUT2D eigenvalue weighted by Crippen LogP contribution is 2.25. The number of hydrogen-bond donors (Lipinski definition) is 1. The minimum absolute atomic E-state index is 0.110. The Morgan fingerprint density at radius 2 is 1.94 bits per heavy atom. The van der Waals surface area contributed by atoms with Crippen LogP contribution in [0.25, 0.3) is 10.9 Å². The third-order valence-electron chi connectivity index (χ3n) is 6.93. The van der Waals surface area contributed by atoms with Crippen molar-refractivity contribution in [2.75, 3.05) is 39.9 Å². The second-order valence-corrected chi connectivity index (χ2v) is 9.03. The largest absolute Gasteiger partial charge is 0.491 e. The van der Waals surface area contributed by atoms with E-state index in [0.29, 0.717) is 56.8 Å². The van der Waals surface area contributed by atoms with Gasteiger partial charge < -0.3 is 23.9 Å². The summed E-state index contributed by atoms with van der Waals surface area (Å²) in [6.45, 7) is 3.95. The summed E-state index contributed by atoms with van der Waals surface area (Å²) in [4.78, 5) is 45.0. The number of likely N-dealkylation sites (tertiary alicyclic amines) is 1. The first-order valence-corrected chi connectivity index (χ1v) is 12.1. The minimum atomic E-state index is -0.522. The molecule has 1 fully saturated rings. The van der Waals surface area contributed by atoms with Gasteiger partial charge in [0.1, 0.15) is 17.9 Å². The lowest BCUT2D eigenvalue weighted by Crippen LogP contribution is -2.31. The van der Waals surface area contributed by atoms with Gasteiger partial charge in [-0.25, -0.2) is 4.79 Å². The summed E-state index contributed by atoms with van der Waals surface area (Å²) < 4.78 is 12.6. The summed E-state index contributed by atoms with van der Waals surface area (Å²) in [6.07, 6.45) is 3.96. The number of fused-ring (bicyclic) bond motifs is 2. The van der Waals surface area contributed by atoms with Crippen molar-refractivity contribution in [3.05, 3.63) is 63.7 Å². The number of benzene rings is 1. The summed E-state index contributed by atoms with van der Waals surface area (Å²) in [6, 6.07) is 9.57. The average molecular weight is 479 g/mol. The number of nitrogens with one attached hydrogen (secondary N) is 1. The lowest BCUT2D eigenvalue weighted by Gasteiger charge is -2.19. The van der Waals surface area contributed by atoms with Crippen LogP contribution >= 0.6 is 0 Å². The second-order valence-electron chi connectivity index (χ2n) is 9.03. The molecule has 2 aromatic heterocycles. The predicted molar refractivity (Wildman–Crippen MR) is 131 cm³/mol. The van der Waals surface area contributed by atoms with Crippen molar-refractivity contribution in [1.82, 2.24) is 19.4 Å². The zero-order chi connectivity index (χ0) is 24.4. The van der Waals surface area contributed by atoms with E-state index in [0.717, 1.165) is 18.5 Å². The number of para-hydroxylation sites is 1. The van der Waals surface area contributed by atoms with Crippen molar-refractivity contribution in [2.24, 2.45) is 0 Å². The first kappa shape index (κ1) is 23.2. The van der Waals surface area contributed by atoms with E-state index in [1.165, 1.54) is 24.1 Å². The van der Waals surface area contributed by atoms with Crippen LogP contribution in [0.2, 0.25) is 0 Å². The molecule has 9 nitrogen and oxygen atoms in total. The number of nitrogens with zero attached hydrogens (tertiary/aromatic N) is 3. The molecule has 0 bridgehead atoms. The van der Waals surface area contributed by atoms with Crippen LogP contribution in [0.3, 0.4) is 0 Å². The fourth-order valence-corrected chi connectivity index (χ4v) is 5.10. The Morgan fingerprint density at radius 3 is 2.74 bits per heavy atom. The van der Waals surface area contributed by atoms with Gasteiger partial charge in [-0.15, -0.1) is 0 Å². The van der Waals surface area contributed by atoms with Gasteiger partial charge in [-0.05, 0) is 18.1 Å². The summed E-state index contributed by atoms with van der Waals surface area (Å²) in [5, 5.41) is 1.19. The van der Waals surface area contributed by atoms with E-state index in [4.69, 9.17) is 9.47 Å². The van der Waals surface area contributed by atoms with Crippen molar-refractivity contribution in [2.45, 2.75) is 32.4 Å². The first-order chi connectivity index (χ1) is 17.0. The van der Waals surface area contributed by atoms with E-state index in [1.54, 1.807) is 9.47 Å². The maximum absolute atomic E-state index is 13.0. The number of pyridine rings is 1. The Labute approximate surface area is 203 Å². The first-order valence-electron chi connectivity index (χ1n) is 12.1. The molecule has 0 saturated carbocycles. The summed E-state index contributed by atoms with van der Waals surface area (Å²) in [7, 11) is 1.33. The Hall–Kier alpha value is -3.59. The lowest BCUT2D eigenvalue weighted by atomic mass is 10.1. The van der Waals surface area contributed by atoms with Gasteiger partial charge in [0.2, 0.25) is 5.91 Å². The van der Waals surface area contributed by atoms with Crippen molar-refractivity contribution >= 4 is 22.8 Å². The topological polar surface area (TPSA) is 96.9 Å². The molecule has 5 rings (SSSR count). The van der Waals surface area contributed by atoms with E-state index in [1.807, 2.05) is 18.3 Å². The normalized spacial score (nSPS) is 16.4. The molecule has 3 aromatic rings. The molecule has 2 aliphatic heterocycles. The highest BCUT2D eigenvalue weighted by atomic mass is 16.5. The number of carbonyl (C=O) groups excluding carboxylic acids is 2. The Morgan fingerprint density at radius 1 is 1.09 bits per heavy atom. The molecular weight excluding hydrogens is 448 g/mol. The van der Waals surface area contributed by atoms with E-state index in [2.05, 4.69) is 22.0 Å². The Kier molecular flexibility index (Phi) is 6.59. The van der Waals surface area contributed by atoms with Gasteiger partial charge in [-0.1, -0.05) is 18.2 Å². The molecule has 0 radical (unpaired) electrons. The third-order valence-corrected chi connectivity index (χ3v) is 6.93. The van der Waals surface area contributed by atoms with Gasteiger partial charge in [0, 0.05) is 74.4 Å². The van der Waals surface area contributed by atoms with Crippen LogP contribution in [-0.2, 0) is 29.0 Å². The van der Waals surface area contributed by atoms with Crippen LogP contribution in [0, 0.1) is 0 Å². The highest BCUT2D eigenvalue weighted by molar-refractivity contribution is 5.93. The van der Waals surface area contributed by atoms with Crippen LogP contribution in [0.5, 0.6) is 5.75 Å². The predicted octanol–water partition coefficient (Wildman–Crippen LogP) is 2.18. The SMILES string of the molecule is COC(=O)c1c(OCCN2CCCC2=O)cc(=O)n2c1CCN(Cc1c[nH]c3ccccc13)CC2. The van der Waals surface area contributed by atoms with Crippen LogP contribution < -0.4 is 10.3 Å². The lowest BCUT2D eigenvalue weighted by molar-refractivity contribution is -0.128. The molecule has 1 amide bonds. The maximum atomic E-state index is 13.0. The number of esters is 1. The standard InChI is InChI=1S/C26H30N4O5/c1-34-26(33)25-21-8-10-28(17-18-16-27-20-6-3-2-5-19(18)20)11-12-30(21)24(32)15-22(25)35-14-13-29-9-4-7-23(29)31/h2-3,5-6,15-16,27H,4,7-14,17H2,1H3. The zero-order valence-corrected chi connectivity index (χ0v) is 19.9. The number of rotatable bonds is 7. The van der Waals surface area contributed by atoms with Gasteiger partial charge >= 0.3 is 5.97 Å². The smallest absolute Gasteiger partial charge is 0.343 e. The number of H-pyrrole nitrogens is 1. The van der Waals surface area contributed by atoms with Gasteiger partial charge in [0.15, 0.2) is 0 Å². The third kappa shape index (κ3) is 4.68. The number of aromatic amines is 1. The number of methoxy groups -OCH3 is 1. The van der Waals surface area contributed by atoms with Crippen molar-refractivity contribution in [3.8, 4) is 5.75 Å². The fourth-order valence-electron chi connectivity index (χ4n) is 5.10. The van der Waals surface area contributed by atoms with Gasteiger partial charge in [-0.2, -0.15) is 0 Å². The van der Waals surface area contributed by atoms with Crippen molar-refractivity contribution < 1.29 is 19.1 Å². The molecule has 184 valence electrons. The molecule has 2 aliphatic rings. The maximum Gasteiger partial charge on any atom is 0.343 e. The molecule has 9 heteroatoms. The molecule has 1 N–H and O–H groups in total. The van der Waals surface area contributed by atoms with Gasteiger partial charge in [-0.3, -0.25) is 14.5 Å². The van der Waals surface area contributed by atoms with Crippen LogP contribution in [-0.4, -0.2) is 71.1 Å². The number of aromatic nitrogens is 2. The Bertz CT molecular complexity index is 1310. The molecule has 35 heavy (non-hydrogen) atoms. The molecular formula is C26H30N4O5. The molecule has 1 aromatic carbocycles.